The van der Waals surface area contributed by atoms with Crippen LogP contribution in [0.15, 0.2) is 36.4 Å². The van der Waals surface area contributed by atoms with Crippen molar-refractivity contribution < 1.29 is 23.1 Å². The van der Waals surface area contributed by atoms with Crippen molar-refractivity contribution in [1.82, 2.24) is 10.2 Å². The zero-order valence-corrected chi connectivity index (χ0v) is 15.8. The number of carbonyl (C=O) groups excluding carboxylic acids is 2. The number of hydrogen-bond acceptors (Lipinski definition) is 3. The third-order valence-corrected chi connectivity index (χ3v) is 4.77. The Morgan fingerprint density at radius 2 is 1.79 bits per heavy atom. The zero-order valence-electron chi connectivity index (χ0n) is 15.8. The molecule has 0 radical (unpaired) electrons. The Kier molecular flexibility index (Phi) is 5.48. The molecule has 1 heterocycles. The minimum Gasteiger partial charge on any atom is -0.497 e. The fourth-order valence-corrected chi connectivity index (χ4v) is 3.30. The van der Waals surface area contributed by atoms with Crippen LogP contribution in [0, 0.1) is 18.6 Å². The summed E-state index contributed by atoms with van der Waals surface area (Å²) < 4.78 is 33.9. The molecule has 3 amide bonds. The van der Waals surface area contributed by atoms with Gasteiger partial charge in [-0.25, -0.2) is 13.6 Å². The molecule has 0 aromatic heterocycles. The van der Waals surface area contributed by atoms with Crippen LogP contribution >= 0.6 is 0 Å². The van der Waals surface area contributed by atoms with Gasteiger partial charge < -0.3 is 20.3 Å². The summed E-state index contributed by atoms with van der Waals surface area (Å²) >= 11 is 0. The van der Waals surface area contributed by atoms with Gasteiger partial charge >= 0.3 is 6.03 Å². The van der Waals surface area contributed by atoms with Gasteiger partial charge in [-0.1, -0.05) is 17.7 Å². The van der Waals surface area contributed by atoms with Crippen molar-refractivity contribution in [2.45, 2.75) is 18.9 Å². The molecule has 2 atom stereocenters. The molecule has 3 rings (SSSR count). The number of benzene rings is 2. The molecule has 8 heteroatoms. The van der Waals surface area contributed by atoms with Crippen molar-refractivity contribution >= 4 is 17.6 Å². The van der Waals surface area contributed by atoms with Crippen molar-refractivity contribution in [3.63, 3.8) is 0 Å². The quantitative estimate of drug-likeness (QED) is 0.845. The van der Waals surface area contributed by atoms with E-state index >= 15 is 0 Å². The summed E-state index contributed by atoms with van der Waals surface area (Å²) in [5.41, 5.74) is 1.32. The second-order valence-corrected chi connectivity index (χ2v) is 6.77. The van der Waals surface area contributed by atoms with E-state index in [4.69, 9.17) is 4.74 Å². The summed E-state index contributed by atoms with van der Waals surface area (Å²) in [7, 11) is 2.83. The van der Waals surface area contributed by atoms with Crippen LogP contribution in [0.5, 0.6) is 5.75 Å². The Hall–Kier alpha value is -3.16. The first-order valence-electron chi connectivity index (χ1n) is 8.72. The highest BCUT2D eigenvalue weighted by Gasteiger charge is 2.43. The Morgan fingerprint density at radius 1 is 1.18 bits per heavy atom. The lowest BCUT2D eigenvalue weighted by Crippen LogP contribution is -2.45. The molecule has 1 saturated heterocycles. The first kappa shape index (κ1) is 19.6. The monoisotopic (exact) mass is 389 g/mol. The predicted molar refractivity (Wildman–Crippen MR) is 100 cm³/mol. The summed E-state index contributed by atoms with van der Waals surface area (Å²) in [6, 6.07) is 7.50. The number of nitrogens with zero attached hydrogens (tertiary/aromatic N) is 1. The van der Waals surface area contributed by atoms with Crippen molar-refractivity contribution in [2.75, 3.05) is 26.0 Å². The molecule has 1 aliphatic rings. The van der Waals surface area contributed by atoms with Gasteiger partial charge in [-0.3, -0.25) is 4.79 Å². The number of aryl methyl sites for hydroxylation is 1. The highest BCUT2D eigenvalue weighted by molar-refractivity contribution is 5.95. The summed E-state index contributed by atoms with van der Waals surface area (Å²) in [6.45, 7) is 1.99. The maximum atomic E-state index is 14.5. The van der Waals surface area contributed by atoms with E-state index in [0.717, 1.165) is 17.7 Å². The highest BCUT2D eigenvalue weighted by Crippen LogP contribution is 2.33. The molecule has 2 aromatic carbocycles. The van der Waals surface area contributed by atoms with E-state index in [2.05, 4.69) is 10.6 Å². The van der Waals surface area contributed by atoms with E-state index in [1.165, 1.54) is 19.1 Å². The standard InChI is InChI=1S/C20H21F2N3O3/c1-11-4-6-12(7-5-11)23-20(27)24-18-14(10-25(2)19(18)26)17-15(21)8-13(28-3)9-16(17)22/h4-9,14,18H,10H2,1-3H3,(H2,23,24,27). The highest BCUT2D eigenvalue weighted by atomic mass is 19.1. The number of halogens is 2. The molecular formula is C20H21F2N3O3. The molecule has 1 fully saturated rings. The first-order valence-corrected chi connectivity index (χ1v) is 8.72. The number of urea groups is 1. The van der Waals surface area contributed by atoms with Crippen molar-refractivity contribution in [3.8, 4) is 5.75 Å². The minimum atomic E-state index is -1.09. The molecule has 2 unspecified atom stereocenters. The van der Waals surface area contributed by atoms with Gasteiger partial charge in [-0.15, -0.1) is 0 Å². The molecular weight excluding hydrogens is 368 g/mol. The van der Waals surface area contributed by atoms with Gasteiger partial charge in [-0.2, -0.15) is 0 Å². The van der Waals surface area contributed by atoms with E-state index in [-0.39, 0.29) is 17.9 Å². The van der Waals surface area contributed by atoms with E-state index < -0.39 is 35.5 Å². The molecule has 0 spiro atoms. The third-order valence-electron chi connectivity index (χ3n) is 4.77. The lowest BCUT2D eigenvalue weighted by atomic mass is 9.93. The molecule has 0 aliphatic carbocycles. The van der Waals surface area contributed by atoms with Crippen LogP contribution in [0.1, 0.15) is 17.0 Å². The summed E-state index contributed by atoms with van der Waals surface area (Å²) in [5, 5.41) is 5.17. The predicted octanol–water partition coefficient (Wildman–Crippen LogP) is 3.03. The van der Waals surface area contributed by atoms with Gasteiger partial charge in [0, 0.05) is 42.9 Å². The number of rotatable bonds is 4. The minimum absolute atomic E-state index is 0.0399. The van der Waals surface area contributed by atoms with Crippen molar-refractivity contribution in [2.24, 2.45) is 0 Å². The van der Waals surface area contributed by atoms with Gasteiger partial charge in [0.1, 0.15) is 23.4 Å². The van der Waals surface area contributed by atoms with Crippen LogP contribution in [0.3, 0.4) is 0 Å². The van der Waals surface area contributed by atoms with E-state index in [1.807, 2.05) is 19.1 Å². The molecule has 148 valence electrons. The Labute approximate surface area is 161 Å². The normalized spacial score (nSPS) is 18.9. The fraction of sp³-hybridized carbons (Fsp3) is 0.300. The number of methoxy groups -OCH3 is 1. The van der Waals surface area contributed by atoms with Crippen LogP contribution in [-0.2, 0) is 4.79 Å². The number of ether oxygens (including phenoxy) is 1. The van der Waals surface area contributed by atoms with Crippen LogP contribution in [0.25, 0.3) is 0 Å². The molecule has 2 aromatic rings. The van der Waals surface area contributed by atoms with E-state index in [1.54, 1.807) is 12.1 Å². The number of hydrogen-bond donors (Lipinski definition) is 2. The molecule has 1 aliphatic heterocycles. The van der Waals surface area contributed by atoms with Gasteiger partial charge in [-0.05, 0) is 19.1 Å². The maximum Gasteiger partial charge on any atom is 0.319 e. The van der Waals surface area contributed by atoms with Gasteiger partial charge in [0.05, 0.1) is 7.11 Å². The molecule has 6 nitrogen and oxygen atoms in total. The first-order chi connectivity index (χ1) is 13.3. The second kappa shape index (κ2) is 7.84. The Balaban J connectivity index is 1.83. The largest absolute Gasteiger partial charge is 0.497 e. The third kappa shape index (κ3) is 3.90. The molecule has 0 bridgehead atoms. The molecule has 2 N–H and O–H groups in total. The molecule has 28 heavy (non-hydrogen) atoms. The summed E-state index contributed by atoms with van der Waals surface area (Å²) in [6.07, 6.45) is 0. The number of anilines is 1. The Morgan fingerprint density at radius 3 is 2.36 bits per heavy atom. The van der Waals surface area contributed by atoms with Gasteiger partial charge in [0.25, 0.3) is 0 Å². The van der Waals surface area contributed by atoms with Crippen LogP contribution in [0.4, 0.5) is 19.3 Å². The van der Waals surface area contributed by atoms with Crippen LogP contribution in [-0.4, -0.2) is 43.6 Å². The average molecular weight is 389 g/mol. The average Bonchev–Trinajstić information content (AvgIpc) is 2.91. The molecule has 0 saturated carbocycles. The van der Waals surface area contributed by atoms with Crippen molar-refractivity contribution in [1.29, 1.82) is 0 Å². The lowest BCUT2D eigenvalue weighted by Gasteiger charge is -2.20. The number of nitrogens with one attached hydrogen (secondary N) is 2. The summed E-state index contributed by atoms with van der Waals surface area (Å²) in [4.78, 5) is 26.2. The second-order valence-electron chi connectivity index (χ2n) is 6.77. The zero-order chi connectivity index (χ0) is 20.4. The lowest BCUT2D eigenvalue weighted by molar-refractivity contribution is -0.128. The number of likely N-dealkylation sites (N-methyl/N-ethyl adjacent to an activating group) is 1. The fourth-order valence-electron chi connectivity index (χ4n) is 3.30. The van der Waals surface area contributed by atoms with Crippen LogP contribution < -0.4 is 15.4 Å². The SMILES string of the molecule is COc1cc(F)c(C2CN(C)C(=O)C2NC(=O)Nc2ccc(C)cc2)c(F)c1. The Bertz CT molecular complexity index is 879. The maximum absolute atomic E-state index is 14.5. The smallest absolute Gasteiger partial charge is 0.319 e. The van der Waals surface area contributed by atoms with Gasteiger partial charge in [0.2, 0.25) is 5.91 Å². The topological polar surface area (TPSA) is 70.7 Å². The number of likely N-dealkylation sites (tertiary alicyclic amines) is 1. The van der Waals surface area contributed by atoms with Crippen LogP contribution in [0.2, 0.25) is 0 Å². The number of carbonyl (C=O) groups is 2. The van der Waals surface area contributed by atoms with E-state index in [0.29, 0.717) is 5.69 Å². The summed E-state index contributed by atoms with van der Waals surface area (Å²) in [5.74, 6) is -2.89. The van der Waals surface area contributed by atoms with Crippen molar-refractivity contribution in [3.05, 3.63) is 59.2 Å². The van der Waals surface area contributed by atoms with E-state index in [9.17, 15) is 18.4 Å². The number of amides is 3. The van der Waals surface area contributed by atoms with Gasteiger partial charge in [0.15, 0.2) is 0 Å².